The maximum absolute atomic E-state index is 12.3. The highest BCUT2D eigenvalue weighted by Gasteiger charge is 2.34. The molecule has 0 radical (unpaired) electrons. The van der Waals surface area contributed by atoms with Gasteiger partial charge in [-0.05, 0) is 46.8 Å². The van der Waals surface area contributed by atoms with Crippen molar-refractivity contribution in [1.29, 1.82) is 0 Å². The van der Waals surface area contributed by atoms with E-state index in [9.17, 15) is 19.2 Å². The Balaban J connectivity index is 1.27. The van der Waals surface area contributed by atoms with Gasteiger partial charge in [-0.15, -0.1) is 5.10 Å². The van der Waals surface area contributed by atoms with Gasteiger partial charge in [-0.3, -0.25) is 34.9 Å². The molecular weight excluding hydrogens is 390 g/mol. The number of carbonyl (C=O) groups excluding carboxylic acids is 4. The number of rotatable bonds is 5. The van der Waals surface area contributed by atoms with Gasteiger partial charge in [0, 0.05) is 18.5 Å². The summed E-state index contributed by atoms with van der Waals surface area (Å²) >= 11 is 0. The second-order valence-corrected chi connectivity index (χ2v) is 6.36. The molecule has 150 valence electrons. The van der Waals surface area contributed by atoms with Crippen molar-refractivity contribution in [3.8, 4) is 5.69 Å². The maximum Gasteiger partial charge on any atom is 0.269 e. The molecule has 3 aromatic rings. The number of nitrogens with zero attached hydrogens (tertiary/aromatic N) is 5. The molecule has 1 aliphatic heterocycles. The standard InChI is InChI=1S/C19H15N7O4/c27-16(9-10-25-18(29)14-3-1-2-4-15(14)19(25)30)21-22-17(28)12-5-7-13(8-6-12)26-11-20-23-24-26/h1-8,11H,9-10H2,(H,21,27)(H,22,28). The van der Waals surface area contributed by atoms with Crippen LogP contribution >= 0.6 is 0 Å². The lowest BCUT2D eigenvalue weighted by Crippen LogP contribution is -2.43. The van der Waals surface area contributed by atoms with E-state index >= 15 is 0 Å². The molecule has 0 atom stereocenters. The van der Waals surface area contributed by atoms with Crippen molar-refractivity contribution < 1.29 is 19.2 Å². The van der Waals surface area contributed by atoms with Gasteiger partial charge < -0.3 is 0 Å². The fourth-order valence-corrected chi connectivity index (χ4v) is 2.96. The van der Waals surface area contributed by atoms with Crippen LogP contribution in [0.25, 0.3) is 5.69 Å². The average molecular weight is 405 g/mol. The van der Waals surface area contributed by atoms with Crippen molar-refractivity contribution in [1.82, 2.24) is 36.0 Å². The molecule has 0 fully saturated rings. The Kier molecular flexibility index (Phi) is 4.99. The van der Waals surface area contributed by atoms with Gasteiger partial charge >= 0.3 is 0 Å². The number of fused-ring (bicyclic) bond motifs is 1. The van der Waals surface area contributed by atoms with Crippen LogP contribution < -0.4 is 10.9 Å². The third kappa shape index (κ3) is 3.63. The minimum atomic E-state index is -0.537. The number of hydrazine groups is 1. The molecule has 0 bridgehead atoms. The Morgan fingerprint density at radius 1 is 0.900 bits per heavy atom. The number of hydrogen-bond donors (Lipinski definition) is 2. The molecule has 0 saturated carbocycles. The zero-order valence-electron chi connectivity index (χ0n) is 15.5. The smallest absolute Gasteiger partial charge is 0.269 e. The maximum atomic E-state index is 12.3. The molecule has 1 aliphatic rings. The molecule has 2 heterocycles. The van der Waals surface area contributed by atoms with Crippen molar-refractivity contribution in [2.75, 3.05) is 6.54 Å². The van der Waals surface area contributed by atoms with Crippen LogP contribution in [0, 0.1) is 0 Å². The van der Waals surface area contributed by atoms with Gasteiger partial charge in [-0.1, -0.05) is 12.1 Å². The van der Waals surface area contributed by atoms with Crippen LogP contribution in [0.5, 0.6) is 0 Å². The number of nitrogens with one attached hydrogen (secondary N) is 2. The first-order chi connectivity index (χ1) is 14.5. The van der Waals surface area contributed by atoms with Crippen LogP contribution in [-0.4, -0.2) is 55.3 Å². The van der Waals surface area contributed by atoms with E-state index in [4.69, 9.17) is 0 Å². The molecule has 0 spiro atoms. The molecule has 4 amide bonds. The molecule has 11 nitrogen and oxygen atoms in total. The van der Waals surface area contributed by atoms with Gasteiger partial charge in [0.25, 0.3) is 17.7 Å². The second kappa shape index (κ2) is 7.91. The lowest BCUT2D eigenvalue weighted by molar-refractivity contribution is -0.121. The van der Waals surface area contributed by atoms with Crippen molar-refractivity contribution in [3.63, 3.8) is 0 Å². The highest BCUT2D eigenvalue weighted by molar-refractivity contribution is 6.21. The molecule has 0 saturated heterocycles. The van der Waals surface area contributed by atoms with Crippen molar-refractivity contribution >= 4 is 23.6 Å². The van der Waals surface area contributed by atoms with E-state index in [2.05, 4.69) is 26.4 Å². The van der Waals surface area contributed by atoms with Crippen LogP contribution in [0.2, 0.25) is 0 Å². The fraction of sp³-hybridized carbons (Fsp3) is 0.105. The molecule has 4 rings (SSSR count). The summed E-state index contributed by atoms with van der Waals surface area (Å²) in [5.74, 6) is -1.93. The zero-order chi connectivity index (χ0) is 21.1. The molecule has 1 aromatic heterocycles. The first-order valence-corrected chi connectivity index (χ1v) is 8.92. The topological polar surface area (TPSA) is 139 Å². The predicted octanol–water partition coefficient (Wildman–Crippen LogP) is 0.110. The van der Waals surface area contributed by atoms with Crippen LogP contribution in [0.15, 0.2) is 54.9 Å². The SMILES string of the molecule is O=C(CCN1C(=O)c2ccccc2C1=O)NNC(=O)c1ccc(-n2cnnn2)cc1. The van der Waals surface area contributed by atoms with Gasteiger partial charge in [0.2, 0.25) is 5.91 Å². The number of aromatic nitrogens is 4. The minimum Gasteiger partial charge on any atom is -0.274 e. The molecule has 11 heteroatoms. The lowest BCUT2D eigenvalue weighted by Gasteiger charge is -2.13. The van der Waals surface area contributed by atoms with Crippen molar-refractivity contribution in [2.45, 2.75) is 6.42 Å². The summed E-state index contributed by atoms with van der Waals surface area (Å²) in [6.45, 7) is -0.0886. The van der Waals surface area contributed by atoms with E-state index in [1.165, 1.54) is 11.0 Å². The van der Waals surface area contributed by atoms with Gasteiger partial charge in [0.15, 0.2) is 0 Å². The molecule has 2 aromatic carbocycles. The summed E-state index contributed by atoms with van der Waals surface area (Å²) in [7, 11) is 0. The molecule has 30 heavy (non-hydrogen) atoms. The number of tetrazole rings is 1. The predicted molar refractivity (Wildman–Crippen MR) is 101 cm³/mol. The summed E-state index contributed by atoms with van der Waals surface area (Å²) < 4.78 is 1.43. The van der Waals surface area contributed by atoms with Crippen LogP contribution in [0.4, 0.5) is 0 Å². The Labute approximate surface area is 169 Å². The first kappa shape index (κ1) is 18.9. The second-order valence-electron chi connectivity index (χ2n) is 6.36. The third-order valence-electron chi connectivity index (χ3n) is 4.50. The number of carbonyl (C=O) groups is 4. The van der Waals surface area contributed by atoms with E-state index in [0.29, 0.717) is 22.4 Å². The van der Waals surface area contributed by atoms with Gasteiger partial charge in [0.1, 0.15) is 6.33 Å². The van der Waals surface area contributed by atoms with E-state index in [1.54, 1.807) is 48.5 Å². The van der Waals surface area contributed by atoms with E-state index in [-0.39, 0.29) is 13.0 Å². The number of hydrogen-bond acceptors (Lipinski definition) is 7. The molecule has 0 unspecified atom stereocenters. The van der Waals surface area contributed by atoms with Gasteiger partial charge in [0.05, 0.1) is 16.8 Å². The monoisotopic (exact) mass is 405 g/mol. The number of imide groups is 1. The van der Waals surface area contributed by atoms with Crippen LogP contribution in [-0.2, 0) is 4.79 Å². The largest absolute Gasteiger partial charge is 0.274 e. The van der Waals surface area contributed by atoms with E-state index in [1.807, 2.05) is 0 Å². The highest BCUT2D eigenvalue weighted by Crippen LogP contribution is 2.22. The van der Waals surface area contributed by atoms with Crippen molar-refractivity contribution in [3.05, 3.63) is 71.5 Å². The van der Waals surface area contributed by atoms with Crippen LogP contribution in [0.3, 0.4) is 0 Å². The normalized spacial score (nSPS) is 12.6. The zero-order valence-corrected chi connectivity index (χ0v) is 15.5. The van der Waals surface area contributed by atoms with Gasteiger partial charge in [-0.25, -0.2) is 4.68 Å². The Bertz CT molecular complexity index is 1090. The molecular formula is C19H15N7O4. The van der Waals surface area contributed by atoms with E-state index < -0.39 is 23.6 Å². The molecule has 2 N–H and O–H groups in total. The number of benzene rings is 2. The van der Waals surface area contributed by atoms with Crippen molar-refractivity contribution in [2.24, 2.45) is 0 Å². The van der Waals surface area contributed by atoms with Crippen LogP contribution in [0.1, 0.15) is 37.5 Å². The molecule has 0 aliphatic carbocycles. The highest BCUT2D eigenvalue weighted by atomic mass is 16.2. The quantitative estimate of drug-likeness (QED) is 0.454. The summed E-state index contributed by atoms with van der Waals surface area (Å²) in [6.07, 6.45) is 1.27. The Hall–Kier alpha value is -4.41. The summed E-state index contributed by atoms with van der Waals surface area (Å²) in [5, 5.41) is 10.8. The minimum absolute atomic E-state index is 0.0886. The fourth-order valence-electron chi connectivity index (χ4n) is 2.96. The Morgan fingerprint density at radius 2 is 1.57 bits per heavy atom. The number of amides is 4. The first-order valence-electron chi connectivity index (χ1n) is 8.92. The summed E-state index contributed by atoms with van der Waals surface area (Å²) in [6, 6.07) is 12.9. The van der Waals surface area contributed by atoms with E-state index in [0.717, 1.165) is 4.90 Å². The average Bonchev–Trinajstić information content (AvgIpc) is 3.39. The lowest BCUT2D eigenvalue weighted by atomic mass is 10.1. The third-order valence-corrected chi connectivity index (χ3v) is 4.50. The summed E-state index contributed by atoms with van der Waals surface area (Å²) in [4.78, 5) is 49.8. The Morgan fingerprint density at radius 3 is 2.17 bits per heavy atom. The summed E-state index contributed by atoms with van der Waals surface area (Å²) in [5.41, 5.74) is 6.19. The van der Waals surface area contributed by atoms with Gasteiger partial charge in [-0.2, -0.15) is 0 Å².